The third-order valence-corrected chi connectivity index (χ3v) is 11.8. The van der Waals surface area contributed by atoms with Crippen molar-refractivity contribution in [3.05, 3.63) is 11.3 Å². The van der Waals surface area contributed by atoms with Crippen molar-refractivity contribution in [1.29, 1.82) is 0 Å². The van der Waals surface area contributed by atoms with E-state index < -0.39 is 95.8 Å². The molecule has 14 nitrogen and oxygen atoms in total. The fourth-order valence-electron chi connectivity index (χ4n) is 8.28. The largest absolute Gasteiger partial charge is 0.459 e. The average molecular weight is 733 g/mol. The van der Waals surface area contributed by atoms with Gasteiger partial charge in [0.15, 0.2) is 12.6 Å². The first-order chi connectivity index (χ1) is 23.4. The molecule has 298 valence electrons. The highest BCUT2D eigenvalue weighted by Crippen LogP contribution is 2.41. The summed E-state index contributed by atoms with van der Waals surface area (Å²) in [7, 11) is 5.23. The summed E-state index contributed by atoms with van der Waals surface area (Å²) in [6.45, 7) is 16.9. The van der Waals surface area contributed by atoms with E-state index >= 15 is 0 Å². The van der Waals surface area contributed by atoms with Gasteiger partial charge in [-0.25, -0.2) is 0 Å². The van der Waals surface area contributed by atoms with Gasteiger partial charge in [0.2, 0.25) is 0 Å². The predicted octanol–water partition coefficient (Wildman–Crippen LogP) is 1.81. The number of rotatable bonds is 7. The van der Waals surface area contributed by atoms with Crippen LogP contribution in [-0.2, 0) is 33.2 Å². The number of cyclic esters (lactones) is 1. The van der Waals surface area contributed by atoms with Gasteiger partial charge in [-0.1, -0.05) is 20.8 Å². The number of aliphatic hydroxyl groups excluding tert-OH is 3. The van der Waals surface area contributed by atoms with Crippen LogP contribution < -0.4 is 5.73 Å². The number of hydrogen-bond acceptors (Lipinski definition) is 14. The maximum atomic E-state index is 14.1. The number of ether oxygens (including phenoxy) is 6. The number of nitrogens with zero attached hydrogens (tertiary/aromatic N) is 1. The number of carbonyl (C=O) groups excluding carboxylic acids is 1. The minimum atomic E-state index is -1.91. The topological polar surface area (TPSA) is 203 Å². The lowest BCUT2D eigenvalue weighted by Crippen LogP contribution is -2.60. The van der Waals surface area contributed by atoms with Crippen molar-refractivity contribution >= 4 is 5.97 Å². The van der Waals surface area contributed by atoms with Gasteiger partial charge in [0, 0.05) is 31.2 Å². The average Bonchev–Trinajstić information content (AvgIpc) is 3.05. The number of aliphatic hydroxyl groups is 5. The molecule has 14 heteroatoms. The first-order valence-electron chi connectivity index (χ1n) is 18.4. The van der Waals surface area contributed by atoms with E-state index in [2.05, 4.69) is 0 Å². The van der Waals surface area contributed by atoms with Crippen LogP contribution >= 0.6 is 0 Å². The molecule has 0 aromatic carbocycles. The Bertz CT molecular complexity index is 1200. The van der Waals surface area contributed by atoms with Crippen molar-refractivity contribution in [2.24, 2.45) is 23.5 Å². The number of hydrogen-bond donors (Lipinski definition) is 6. The van der Waals surface area contributed by atoms with Crippen molar-refractivity contribution in [2.45, 2.75) is 179 Å². The molecular formula is C37H68N2O12. The van der Waals surface area contributed by atoms with Crippen molar-refractivity contribution in [3.63, 3.8) is 0 Å². The molecule has 0 aromatic heterocycles. The van der Waals surface area contributed by atoms with Gasteiger partial charge < -0.3 is 64.6 Å². The van der Waals surface area contributed by atoms with E-state index in [9.17, 15) is 30.3 Å². The third kappa shape index (κ3) is 9.45. The Morgan fingerprint density at radius 1 is 0.980 bits per heavy atom. The van der Waals surface area contributed by atoms with Crippen molar-refractivity contribution in [1.82, 2.24) is 4.90 Å². The Hall–Kier alpha value is -1.43. The number of allylic oxidation sites excluding steroid dienone is 1. The zero-order valence-corrected chi connectivity index (χ0v) is 33.0. The van der Waals surface area contributed by atoms with Gasteiger partial charge in [-0.15, -0.1) is 0 Å². The maximum absolute atomic E-state index is 14.1. The van der Waals surface area contributed by atoms with E-state index in [1.54, 1.807) is 55.4 Å². The lowest BCUT2D eigenvalue weighted by atomic mass is 9.76. The minimum Gasteiger partial charge on any atom is -0.459 e. The fourth-order valence-corrected chi connectivity index (χ4v) is 8.28. The van der Waals surface area contributed by atoms with E-state index in [4.69, 9.17) is 34.2 Å². The van der Waals surface area contributed by atoms with Crippen LogP contribution in [0.2, 0.25) is 0 Å². The quantitative estimate of drug-likeness (QED) is 0.207. The van der Waals surface area contributed by atoms with Gasteiger partial charge >= 0.3 is 5.97 Å². The first-order valence-corrected chi connectivity index (χ1v) is 18.4. The number of esters is 1. The van der Waals surface area contributed by atoms with Gasteiger partial charge in [0.1, 0.15) is 30.0 Å². The van der Waals surface area contributed by atoms with Crippen LogP contribution in [0.3, 0.4) is 0 Å². The highest BCUT2D eigenvalue weighted by atomic mass is 16.7. The molecular weight excluding hydrogens is 664 g/mol. The summed E-state index contributed by atoms with van der Waals surface area (Å²) in [4.78, 5) is 16.0. The van der Waals surface area contributed by atoms with Gasteiger partial charge in [-0.2, -0.15) is 0 Å². The van der Waals surface area contributed by atoms with Gasteiger partial charge in [-0.3, -0.25) is 4.79 Å². The second kappa shape index (κ2) is 16.9. The molecule has 0 spiro atoms. The Morgan fingerprint density at radius 3 is 2.14 bits per heavy atom. The molecule has 2 fully saturated rings. The lowest BCUT2D eigenvalue weighted by Gasteiger charge is -2.49. The first kappa shape index (κ1) is 44.0. The van der Waals surface area contributed by atoms with Crippen LogP contribution in [0.15, 0.2) is 11.3 Å². The molecule has 51 heavy (non-hydrogen) atoms. The Morgan fingerprint density at radius 2 is 1.59 bits per heavy atom. The highest BCUT2D eigenvalue weighted by molar-refractivity contribution is 5.73. The van der Waals surface area contributed by atoms with Crippen molar-refractivity contribution in [3.8, 4) is 0 Å². The minimum absolute atomic E-state index is 0.0309. The fraction of sp³-hybridized carbons (Fsp3) is 0.919. The molecule has 0 unspecified atom stereocenters. The standard InChI is InChI=1S/C37H68N2O12/c1-14-25-37(10,45)30(41)20(4)27(38)18(2)16-35(8,44)32(51-34-28(40)24(39(11)12)15-19(3)47-34)21(5)29(22(6)33(43)49-25)50-26-17-36(9,46-13)31(42)23(7)48-26/h18-19,21-26,28-32,34,40-42,44-45H,14-17,38H2,1-13H3/t18-,19+,21+,22+,23+,24-,25+,26+,28+,29+,30+,31+,32-,34+,35-,36-,37-/m0/s1. The van der Waals surface area contributed by atoms with Crippen molar-refractivity contribution < 1.29 is 58.7 Å². The molecule has 0 amide bonds. The summed E-state index contributed by atoms with van der Waals surface area (Å²) in [5, 5.41) is 57.9. The highest BCUT2D eigenvalue weighted by Gasteiger charge is 2.52. The summed E-state index contributed by atoms with van der Waals surface area (Å²) in [6, 6.07) is -0.297. The molecule has 3 heterocycles. The van der Waals surface area contributed by atoms with E-state index in [1.165, 1.54) is 14.0 Å². The summed E-state index contributed by atoms with van der Waals surface area (Å²) in [5.41, 5.74) is 2.53. The predicted molar refractivity (Wildman–Crippen MR) is 189 cm³/mol. The maximum Gasteiger partial charge on any atom is 0.311 e. The number of nitrogens with two attached hydrogens (primary N) is 1. The number of likely N-dealkylation sites (N-methyl/N-ethyl adjacent to an activating group) is 1. The van der Waals surface area contributed by atoms with Crippen molar-refractivity contribution in [2.75, 3.05) is 21.2 Å². The molecule has 0 bridgehead atoms. The second-order valence-electron chi connectivity index (χ2n) is 16.4. The molecule has 3 rings (SSSR count). The smallest absolute Gasteiger partial charge is 0.311 e. The van der Waals surface area contributed by atoms with Crippen LogP contribution in [0.5, 0.6) is 0 Å². The number of methoxy groups -OCH3 is 1. The SMILES string of the molecule is CC[C@H]1OC(=O)[C@H](C)[C@H](O[C@@H]2C[C@](C)(OC)[C@H](O)[C@@H](C)O2)[C@@H](C)[C@H](O[C@H]2O[C@H](C)C[C@H](N(C)C)[C@H]2O)[C@@](C)(O)C[C@H](C)C(N)=C(C)[C@@H](O)[C@@]1(C)O. The second-order valence-corrected chi connectivity index (χ2v) is 16.4. The lowest BCUT2D eigenvalue weighted by molar-refractivity contribution is -0.318. The summed E-state index contributed by atoms with van der Waals surface area (Å²) in [6.07, 6.45) is -9.00. The van der Waals surface area contributed by atoms with E-state index in [-0.39, 0.29) is 42.7 Å². The molecule has 0 radical (unpaired) electrons. The Balaban J connectivity index is 2.21. The summed E-state index contributed by atoms with van der Waals surface area (Å²) < 4.78 is 37.3. The summed E-state index contributed by atoms with van der Waals surface area (Å²) in [5.74, 6) is -3.07. The van der Waals surface area contributed by atoms with Crippen LogP contribution in [0.4, 0.5) is 0 Å². The normalized spacial score (nSPS) is 48.3. The van der Waals surface area contributed by atoms with Gasteiger partial charge in [0.05, 0.1) is 41.5 Å². The molecule has 3 aliphatic rings. The van der Waals surface area contributed by atoms with E-state index in [1.807, 2.05) is 25.9 Å². The monoisotopic (exact) mass is 732 g/mol. The molecule has 2 saturated heterocycles. The third-order valence-electron chi connectivity index (χ3n) is 11.8. The van der Waals surface area contributed by atoms with Gasteiger partial charge in [-0.05, 0) is 93.3 Å². The van der Waals surface area contributed by atoms with E-state index in [0.717, 1.165) is 0 Å². The molecule has 7 N–H and O–H groups in total. The van der Waals surface area contributed by atoms with Crippen LogP contribution in [0, 0.1) is 17.8 Å². The molecule has 0 aromatic rings. The Labute approximate surface area is 304 Å². The molecule has 0 saturated carbocycles. The van der Waals surface area contributed by atoms with Crippen LogP contribution in [0.1, 0.15) is 94.9 Å². The summed E-state index contributed by atoms with van der Waals surface area (Å²) >= 11 is 0. The molecule has 3 aliphatic heterocycles. The van der Waals surface area contributed by atoms with E-state index in [0.29, 0.717) is 6.42 Å². The van der Waals surface area contributed by atoms with Crippen LogP contribution in [0.25, 0.3) is 0 Å². The Kier molecular flexibility index (Phi) is 14.6. The van der Waals surface area contributed by atoms with Crippen LogP contribution in [-0.4, -0.2) is 142 Å². The molecule has 17 atom stereocenters. The zero-order valence-electron chi connectivity index (χ0n) is 33.0. The number of carbonyl (C=O) groups is 1. The van der Waals surface area contributed by atoms with Gasteiger partial charge in [0.25, 0.3) is 0 Å². The zero-order chi connectivity index (χ0) is 39.0. The molecule has 0 aliphatic carbocycles.